The molecule has 0 radical (unpaired) electrons. The number of aromatic nitrogens is 1. The van der Waals surface area contributed by atoms with Crippen LogP contribution in [0.5, 0.6) is 5.75 Å². The fraction of sp³-hybridized carbons (Fsp3) is 0.323. The van der Waals surface area contributed by atoms with Crippen molar-refractivity contribution in [1.82, 2.24) is 15.2 Å². The minimum absolute atomic E-state index is 0.0101. The number of ether oxygens (including phenoxy) is 2. The third-order valence-electron chi connectivity index (χ3n) is 6.90. The molecule has 2 N–H and O–H groups in total. The van der Waals surface area contributed by atoms with Crippen molar-refractivity contribution in [3.8, 4) is 5.75 Å². The molecule has 0 aliphatic carbocycles. The Kier molecular flexibility index (Phi) is 8.68. The zero-order chi connectivity index (χ0) is 26.2. The van der Waals surface area contributed by atoms with Crippen LogP contribution in [0.2, 0.25) is 0 Å². The summed E-state index contributed by atoms with van der Waals surface area (Å²) in [5.74, 6) is 0.470. The molecule has 1 amide bonds. The molecule has 5 rings (SSSR count). The van der Waals surface area contributed by atoms with Crippen molar-refractivity contribution < 1.29 is 18.7 Å². The molecule has 0 unspecified atom stereocenters. The Hall–Kier alpha value is -3.68. The van der Waals surface area contributed by atoms with E-state index in [0.29, 0.717) is 6.54 Å². The van der Waals surface area contributed by atoms with Crippen LogP contribution in [0.25, 0.3) is 10.9 Å². The van der Waals surface area contributed by atoms with Gasteiger partial charge in [0.1, 0.15) is 24.3 Å². The summed E-state index contributed by atoms with van der Waals surface area (Å²) in [6.07, 6.45) is 5.06. The van der Waals surface area contributed by atoms with Crippen molar-refractivity contribution >= 4 is 16.8 Å². The zero-order valence-corrected chi connectivity index (χ0v) is 21.5. The Morgan fingerprint density at radius 2 is 1.82 bits per heavy atom. The molecule has 3 aromatic carbocycles. The first-order chi connectivity index (χ1) is 18.6. The second kappa shape index (κ2) is 12.7. The number of H-pyrrole nitrogens is 1. The van der Waals surface area contributed by atoms with Crippen LogP contribution < -0.4 is 10.1 Å². The van der Waals surface area contributed by atoms with E-state index < -0.39 is 0 Å². The Bertz CT molecular complexity index is 1320. The van der Waals surface area contributed by atoms with Gasteiger partial charge in [0, 0.05) is 43.3 Å². The van der Waals surface area contributed by atoms with Gasteiger partial charge in [0.05, 0.1) is 6.61 Å². The zero-order valence-electron chi connectivity index (χ0n) is 21.5. The van der Waals surface area contributed by atoms with Gasteiger partial charge in [0.25, 0.3) is 0 Å². The highest BCUT2D eigenvalue weighted by Gasteiger charge is 2.24. The number of hydrogen-bond donors (Lipinski definition) is 2. The van der Waals surface area contributed by atoms with E-state index >= 15 is 0 Å². The van der Waals surface area contributed by atoms with Gasteiger partial charge in [-0.25, -0.2) is 4.39 Å². The Morgan fingerprint density at radius 1 is 1.03 bits per heavy atom. The lowest BCUT2D eigenvalue weighted by molar-refractivity contribution is -0.126. The number of carbonyl (C=O) groups is 1. The van der Waals surface area contributed by atoms with Gasteiger partial charge >= 0.3 is 0 Å². The number of nitrogens with zero attached hydrogens (tertiary/aromatic N) is 1. The molecule has 0 bridgehead atoms. The van der Waals surface area contributed by atoms with Gasteiger partial charge in [0.15, 0.2) is 0 Å². The largest absolute Gasteiger partial charge is 0.489 e. The van der Waals surface area contributed by atoms with Crippen molar-refractivity contribution in [2.24, 2.45) is 0 Å². The first-order valence-electron chi connectivity index (χ1n) is 13.2. The maximum Gasteiger partial charge on any atom is 0.246 e. The molecule has 198 valence electrons. The van der Waals surface area contributed by atoms with Crippen LogP contribution in [0.1, 0.15) is 29.5 Å². The lowest BCUT2D eigenvalue weighted by Crippen LogP contribution is -2.28. The first-order valence-corrected chi connectivity index (χ1v) is 13.2. The highest BCUT2D eigenvalue weighted by Crippen LogP contribution is 2.24. The molecule has 1 fully saturated rings. The molecule has 1 atom stereocenters. The molecule has 2 heterocycles. The van der Waals surface area contributed by atoms with E-state index in [2.05, 4.69) is 57.8 Å². The van der Waals surface area contributed by atoms with E-state index in [1.807, 2.05) is 12.1 Å². The molecule has 7 heteroatoms. The molecule has 4 aromatic rings. The van der Waals surface area contributed by atoms with E-state index in [0.717, 1.165) is 50.2 Å². The van der Waals surface area contributed by atoms with Crippen LogP contribution in [0.4, 0.5) is 4.39 Å². The summed E-state index contributed by atoms with van der Waals surface area (Å²) in [7, 11) is 0. The maximum atomic E-state index is 12.9. The maximum absolute atomic E-state index is 12.9. The number of carbonyl (C=O) groups excluding carboxylic acids is 1. The third-order valence-corrected chi connectivity index (χ3v) is 6.90. The van der Waals surface area contributed by atoms with Gasteiger partial charge in [-0.05, 0) is 66.3 Å². The molecule has 1 aliphatic heterocycles. The fourth-order valence-electron chi connectivity index (χ4n) is 4.88. The lowest BCUT2D eigenvalue weighted by atomic mass is 10.1. The van der Waals surface area contributed by atoms with Crippen LogP contribution in [-0.4, -0.2) is 48.1 Å². The smallest absolute Gasteiger partial charge is 0.246 e. The number of aromatic amines is 1. The summed E-state index contributed by atoms with van der Waals surface area (Å²) >= 11 is 0. The quantitative estimate of drug-likeness (QED) is 0.254. The van der Waals surface area contributed by atoms with Crippen molar-refractivity contribution in [1.29, 1.82) is 0 Å². The molecule has 0 spiro atoms. The van der Waals surface area contributed by atoms with Gasteiger partial charge in [-0.1, -0.05) is 42.5 Å². The standard InChI is InChI=1S/C31H34FN3O3/c32-26-11-7-24(8-12-26)21-37-22-31(36)33-16-3-4-23-9-13-27(14-10-23)38-28-15-17-35(20-28)19-25-18-34-30-6-2-1-5-29(25)30/h1-2,5-14,18,28,34H,3-4,15-17,19-22H2,(H,33,36)/t28-/m0/s1. The second-order valence-corrected chi connectivity index (χ2v) is 9.84. The third kappa shape index (κ3) is 7.21. The van der Waals surface area contributed by atoms with Crippen molar-refractivity contribution in [2.75, 3.05) is 26.2 Å². The van der Waals surface area contributed by atoms with Crippen LogP contribution in [-0.2, 0) is 29.1 Å². The molecule has 1 aliphatic rings. The number of halogens is 1. The summed E-state index contributed by atoms with van der Waals surface area (Å²) in [5.41, 5.74) is 4.57. The van der Waals surface area contributed by atoms with Crippen molar-refractivity contribution in [3.63, 3.8) is 0 Å². The van der Waals surface area contributed by atoms with E-state index in [4.69, 9.17) is 9.47 Å². The van der Waals surface area contributed by atoms with Crippen LogP contribution >= 0.6 is 0 Å². The molecule has 1 aromatic heterocycles. The molecular weight excluding hydrogens is 481 g/mol. The average molecular weight is 516 g/mol. The summed E-state index contributed by atoms with van der Waals surface area (Å²) in [5, 5.41) is 4.18. The SMILES string of the molecule is O=C(COCc1ccc(F)cc1)NCCCc1ccc(O[C@H]2CCN(Cc3c[nH]c4ccccc34)C2)cc1. The van der Waals surface area contributed by atoms with Gasteiger partial charge in [-0.2, -0.15) is 0 Å². The number of nitrogens with one attached hydrogen (secondary N) is 2. The monoisotopic (exact) mass is 515 g/mol. The lowest BCUT2D eigenvalue weighted by Gasteiger charge is -2.17. The Balaban J connectivity index is 0.969. The van der Waals surface area contributed by atoms with Gasteiger partial charge in [-0.15, -0.1) is 0 Å². The van der Waals surface area contributed by atoms with Gasteiger partial charge in [-0.3, -0.25) is 9.69 Å². The van der Waals surface area contributed by atoms with Gasteiger partial charge in [0.2, 0.25) is 5.91 Å². The predicted octanol–water partition coefficient (Wildman–Crippen LogP) is 5.23. The van der Waals surface area contributed by atoms with Crippen molar-refractivity contribution in [2.45, 2.75) is 38.5 Å². The average Bonchev–Trinajstić information content (AvgIpc) is 3.56. The van der Waals surface area contributed by atoms with Crippen LogP contribution in [0.3, 0.4) is 0 Å². The van der Waals surface area contributed by atoms with Gasteiger partial charge < -0.3 is 19.8 Å². The first kappa shape index (κ1) is 25.9. The summed E-state index contributed by atoms with van der Waals surface area (Å²) < 4.78 is 24.6. The molecule has 38 heavy (non-hydrogen) atoms. The normalized spacial score (nSPS) is 15.7. The number of fused-ring (bicyclic) bond motifs is 1. The molecule has 1 saturated heterocycles. The number of aryl methyl sites for hydroxylation is 1. The van der Waals surface area contributed by atoms with Crippen molar-refractivity contribution in [3.05, 3.63) is 102 Å². The van der Waals surface area contributed by atoms with E-state index in [1.165, 1.54) is 34.2 Å². The van der Waals surface area contributed by atoms with E-state index in [-0.39, 0.29) is 31.0 Å². The fourth-order valence-corrected chi connectivity index (χ4v) is 4.88. The molecular formula is C31H34FN3O3. The molecule has 6 nitrogen and oxygen atoms in total. The number of hydrogen-bond acceptors (Lipinski definition) is 4. The summed E-state index contributed by atoms with van der Waals surface area (Å²) in [6, 6.07) is 22.8. The Labute approximate surface area is 222 Å². The van der Waals surface area contributed by atoms with Crippen LogP contribution in [0, 0.1) is 5.82 Å². The number of rotatable bonds is 12. The van der Waals surface area contributed by atoms with E-state index in [9.17, 15) is 9.18 Å². The highest BCUT2D eigenvalue weighted by molar-refractivity contribution is 5.83. The predicted molar refractivity (Wildman–Crippen MR) is 146 cm³/mol. The number of likely N-dealkylation sites (tertiary alicyclic amines) is 1. The van der Waals surface area contributed by atoms with Crippen LogP contribution in [0.15, 0.2) is 79.0 Å². The topological polar surface area (TPSA) is 66.6 Å². The second-order valence-electron chi connectivity index (χ2n) is 9.84. The summed E-state index contributed by atoms with van der Waals surface area (Å²) in [6.45, 7) is 3.75. The number of amides is 1. The summed E-state index contributed by atoms with van der Waals surface area (Å²) in [4.78, 5) is 17.8. The minimum atomic E-state index is -0.285. The van der Waals surface area contributed by atoms with E-state index in [1.54, 1.807) is 12.1 Å². The number of para-hydroxylation sites is 1. The Morgan fingerprint density at radius 3 is 2.66 bits per heavy atom. The molecule has 0 saturated carbocycles. The highest BCUT2D eigenvalue weighted by atomic mass is 19.1. The minimum Gasteiger partial charge on any atom is -0.489 e. The number of benzene rings is 3.